The molecule has 1 fully saturated rings. The molecule has 5 nitrogen and oxygen atoms in total. The highest BCUT2D eigenvalue weighted by molar-refractivity contribution is 5.97. The summed E-state index contributed by atoms with van der Waals surface area (Å²) >= 11 is 0. The van der Waals surface area contributed by atoms with Gasteiger partial charge in [0.15, 0.2) is 0 Å². The Kier molecular flexibility index (Phi) is 6.75. The van der Waals surface area contributed by atoms with Gasteiger partial charge >= 0.3 is 0 Å². The zero-order valence-corrected chi connectivity index (χ0v) is 18.5. The molecule has 1 amide bonds. The topological polar surface area (TPSA) is 59.4 Å². The van der Waals surface area contributed by atoms with Crippen molar-refractivity contribution < 1.29 is 9.18 Å². The van der Waals surface area contributed by atoms with Crippen molar-refractivity contribution in [2.45, 2.75) is 38.6 Å². The minimum absolute atomic E-state index is 0.00806. The summed E-state index contributed by atoms with van der Waals surface area (Å²) in [6.45, 7) is 4.39. The molecule has 6 heteroatoms. The quantitative estimate of drug-likeness (QED) is 0.571. The molecule has 1 aliphatic heterocycles. The number of nitriles is 1. The van der Waals surface area contributed by atoms with Gasteiger partial charge in [0, 0.05) is 44.1 Å². The summed E-state index contributed by atoms with van der Waals surface area (Å²) in [7, 11) is 0. The molecule has 2 aliphatic rings. The number of carbonyl (C=O) groups excluding carboxylic acids is 1. The van der Waals surface area contributed by atoms with Crippen molar-refractivity contribution in [2.24, 2.45) is 0 Å². The molecule has 0 radical (unpaired) electrons. The average Bonchev–Trinajstić information content (AvgIpc) is 2.84. The van der Waals surface area contributed by atoms with Crippen LogP contribution < -0.4 is 10.2 Å². The molecule has 1 heterocycles. The third-order valence-electron chi connectivity index (χ3n) is 6.46. The molecular weight excluding hydrogens is 403 g/mol. The number of nitrogens with zero attached hydrogens (tertiary/aromatic N) is 3. The Balaban J connectivity index is 1.35. The van der Waals surface area contributed by atoms with Crippen LogP contribution in [0.4, 0.5) is 10.1 Å². The van der Waals surface area contributed by atoms with E-state index in [1.807, 2.05) is 6.92 Å². The Morgan fingerprint density at radius 3 is 2.44 bits per heavy atom. The van der Waals surface area contributed by atoms with E-state index < -0.39 is 0 Å². The number of piperazine rings is 1. The third kappa shape index (κ3) is 4.94. The van der Waals surface area contributed by atoms with Crippen molar-refractivity contribution in [1.82, 2.24) is 10.2 Å². The first kappa shape index (κ1) is 21.9. The smallest absolute Gasteiger partial charge is 0.266 e. The molecule has 1 saturated heterocycles. The molecular formula is C26H29FN4O. The summed E-state index contributed by atoms with van der Waals surface area (Å²) in [5.74, 6) is -0.514. The van der Waals surface area contributed by atoms with Crippen molar-refractivity contribution in [2.75, 3.05) is 31.1 Å². The van der Waals surface area contributed by atoms with Gasteiger partial charge in [-0.25, -0.2) is 4.39 Å². The van der Waals surface area contributed by atoms with Gasteiger partial charge in [-0.05, 0) is 73.6 Å². The predicted octanol–water partition coefficient (Wildman–Crippen LogP) is 4.11. The Morgan fingerprint density at radius 2 is 1.75 bits per heavy atom. The minimum Gasteiger partial charge on any atom is -0.383 e. The highest BCUT2D eigenvalue weighted by Crippen LogP contribution is 2.25. The van der Waals surface area contributed by atoms with Crippen LogP contribution in [0.2, 0.25) is 0 Å². The Bertz CT molecular complexity index is 1030. The van der Waals surface area contributed by atoms with E-state index in [1.54, 1.807) is 23.2 Å². The summed E-state index contributed by atoms with van der Waals surface area (Å²) in [6, 6.07) is 15.1. The van der Waals surface area contributed by atoms with E-state index in [9.17, 15) is 14.4 Å². The molecule has 4 rings (SSSR count). The number of nitrogens with one attached hydrogen (secondary N) is 1. The zero-order valence-electron chi connectivity index (χ0n) is 18.5. The van der Waals surface area contributed by atoms with E-state index in [-0.39, 0.29) is 23.3 Å². The number of halogens is 1. The molecule has 0 bridgehead atoms. The lowest BCUT2D eigenvalue weighted by Gasteiger charge is -2.36. The lowest BCUT2D eigenvalue weighted by molar-refractivity contribution is -0.127. The number of hydrogen-bond acceptors (Lipinski definition) is 4. The van der Waals surface area contributed by atoms with E-state index in [2.05, 4.69) is 34.5 Å². The van der Waals surface area contributed by atoms with Crippen LogP contribution in [-0.2, 0) is 17.6 Å². The number of benzene rings is 2. The minimum atomic E-state index is -0.261. The molecule has 32 heavy (non-hydrogen) atoms. The molecule has 0 aromatic heterocycles. The van der Waals surface area contributed by atoms with Gasteiger partial charge < -0.3 is 15.1 Å². The second-order valence-corrected chi connectivity index (χ2v) is 8.55. The summed E-state index contributed by atoms with van der Waals surface area (Å²) in [6.07, 6.45) is 6.32. The summed E-state index contributed by atoms with van der Waals surface area (Å²) in [5, 5.41) is 12.8. The molecule has 0 spiro atoms. The van der Waals surface area contributed by atoms with Crippen molar-refractivity contribution in [3.8, 4) is 6.07 Å². The van der Waals surface area contributed by atoms with Gasteiger partial charge in [0.2, 0.25) is 0 Å². The number of anilines is 1. The van der Waals surface area contributed by atoms with Crippen LogP contribution in [0.3, 0.4) is 0 Å². The SMILES string of the molecule is CC(N/C=C(/C#N)C(=O)N1CCN(c2ccc(F)cc2)CC1)c1ccc2c(c1)CCCC2. The van der Waals surface area contributed by atoms with Crippen LogP contribution in [0.5, 0.6) is 0 Å². The van der Waals surface area contributed by atoms with Gasteiger partial charge in [-0.15, -0.1) is 0 Å². The number of hydrogen-bond donors (Lipinski definition) is 1. The van der Waals surface area contributed by atoms with Gasteiger partial charge in [0.25, 0.3) is 5.91 Å². The lowest BCUT2D eigenvalue weighted by Crippen LogP contribution is -2.49. The largest absolute Gasteiger partial charge is 0.383 e. The van der Waals surface area contributed by atoms with Crippen molar-refractivity contribution in [3.63, 3.8) is 0 Å². The lowest BCUT2D eigenvalue weighted by atomic mass is 9.89. The fraction of sp³-hybridized carbons (Fsp3) is 0.385. The highest BCUT2D eigenvalue weighted by Gasteiger charge is 2.24. The summed E-state index contributed by atoms with van der Waals surface area (Å²) in [5.41, 5.74) is 5.08. The predicted molar refractivity (Wildman–Crippen MR) is 124 cm³/mol. The van der Waals surface area contributed by atoms with Crippen LogP contribution in [0.1, 0.15) is 42.5 Å². The number of rotatable bonds is 5. The highest BCUT2D eigenvalue weighted by atomic mass is 19.1. The second-order valence-electron chi connectivity index (χ2n) is 8.55. The summed E-state index contributed by atoms with van der Waals surface area (Å²) in [4.78, 5) is 16.7. The number of fused-ring (bicyclic) bond motifs is 1. The maximum Gasteiger partial charge on any atom is 0.266 e. The van der Waals surface area contributed by atoms with Gasteiger partial charge in [0.05, 0.1) is 0 Å². The van der Waals surface area contributed by atoms with E-state index in [0.29, 0.717) is 26.2 Å². The molecule has 1 aliphatic carbocycles. The van der Waals surface area contributed by atoms with Gasteiger partial charge in [-0.2, -0.15) is 5.26 Å². The Labute approximate surface area is 189 Å². The van der Waals surface area contributed by atoms with Gasteiger partial charge in [-0.1, -0.05) is 18.2 Å². The first-order valence-corrected chi connectivity index (χ1v) is 11.3. The molecule has 1 atom stereocenters. The van der Waals surface area contributed by atoms with Crippen molar-refractivity contribution in [3.05, 3.63) is 76.7 Å². The Morgan fingerprint density at radius 1 is 1.06 bits per heavy atom. The van der Waals surface area contributed by atoms with Crippen LogP contribution in [0.25, 0.3) is 0 Å². The zero-order chi connectivity index (χ0) is 22.5. The molecule has 2 aromatic carbocycles. The van der Waals surface area contributed by atoms with Gasteiger partial charge in [-0.3, -0.25) is 4.79 Å². The Hall–Kier alpha value is -3.33. The fourth-order valence-electron chi connectivity index (χ4n) is 4.46. The molecule has 1 unspecified atom stereocenters. The fourth-order valence-corrected chi connectivity index (χ4v) is 4.46. The van der Waals surface area contributed by atoms with E-state index in [4.69, 9.17) is 0 Å². The normalized spacial score (nSPS) is 17.3. The van der Waals surface area contributed by atoms with E-state index in [0.717, 1.165) is 18.5 Å². The average molecular weight is 433 g/mol. The van der Waals surface area contributed by atoms with Crippen molar-refractivity contribution >= 4 is 11.6 Å². The standard InChI is InChI=1S/C26H29FN4O/c1-19(21-7-6-20-4-2-3-5-22(20)16-21)29-18-23(17-28)26(32)31-14-12-30(13-15-31)25-10-8-24(27)9-11-25/h6-11,16,18-19,29H,2-5,12-15H2,1H3/b23-18-. The first-order valence-electron chi connectivity index (χ1n) is 11.3. The van der Waals surface area contributed by atoms with E-state index in [1.165, 1.54) is 41.7 Å². The maximum absolute atomic E-state index is 13.1. The van der Waals surface area contributed by atoms with E-state index >= 15 is 0 Å². The number of carbonyl (C=O) groups is 1. The third-order valence-corrected chi connectivity index (χ3v) is 6.46. The molecule has 2 aromatic rings. The maximum atomic E-state index is 13.1. The van der Waals surface area contributed by atoms with Crippen LogP contribution in [0.15, 0.2) is 54.2 Å². The first-order chi connectivity index (χ1) is 15.5. The van der Waals surface area contributed by atoms with Gasteiger partial charge in [0.1, 0.15) is 17.5 Å². The number of aryl methyl sites for hydroxylation is 2. The van der Waals surface area contributed by atoms with Crippen LogP contribution >= 0.6 is 0 Å². The molecule has 1 N–H and O–H groups in total. The summed E-state index contributed by atoms with van der Waals surface area (Å²) < 4.78 is 13.1. The van der Waals surface area contributed by atoms with Crippen LogP contribution in [-0.4, -0.2) is 37.0 Å². The van der Waals surface area contributed by atoms with Crippen LogP contribution in [0, 0.1) is 17.1 Å². The van der Waals surface area contributed by atoms with Crippen molar-refractivity contribution in [1.29, 1.82) is 5.26 Å². The monoisotopic (exact) mass is 432 g/mol. The number of amides is 1. The molecule has 166 valence electrons. The molecule has 0 saturated carbocycles. The second kappa shape index (κ2) is 9.86.